The zero-order valence-electron chi connectivity index (χ0n) is 19.1. The number of nitrogens with zero attached hydrogens (tertiary/aromatic N) is 1. The first kappa shape index (κ1) is 25.7. The molecule has 188 valence electrons. The van der Waals surface area contributed by atoms with Gasteiger partial charge in [-0.25, -0.2) is 17.2 Å². The van der Waals surface area contributed by atoms with Crippen molar-refractivity contribution in [1.82, 2.24) is 10.2 Å². The molecule has 0 aliphatic carbocycles. The summed E-state index contributed by atoms with van der Waals surface area (Å²) in [5, 5.41) is 13.1. The Labute approximate surface area is 214 Å². The number of rotatable bonds is 8. The third kappa shape index (κ3) is 5.40. The maximum Gasteiger partial charge on any atom is 0.258 e. The first-order valence-corrected chi connectivity index (χ1v) is 12.9. The van der Waals surface area contributed by atoms with Crippen molar-refractivity contribution < 1.29 is 26.7 Å². The summed E-state index contributed by atoms with van der Waals surface area (Å²) in [4.78, 5) is 12.4. The van der Waals surface area contributed by atoms with Gasteiger partial charge in [0, 0.05) is 34.8 Å². The summed E-state index contributed by atoms with van der Waals surface area (Å²) >= 11 is 3.40. The van der Waals surface area contributed by atoms with Crippen LogP contribution in [0.3, 0.4) is 0 Å². The van der Waals surface area contributed by atoms with E-state index in [1.807, 2.05) is 6.92 Å². The molecular formula is C24H21BrF2N4O4S. The molecule has 0 saturated heterocycles. The Morgan fingerprint density at radius 1 is 1.08 bits per heavy atom. The van der Waals surface area contributed by atoms with Crippen LogP contribution in [-0.2, 0) is 14.6 Å². The molecule has 4 rings (SSSR count). The highest BCUT2D eigenvalue weighted by molar-refractivity contribution is 9.10. The van der Waals surface area contributed by atoms with E-state index in [1.54, 1.807) is 25.3 Å². The molecule has 8 nitrogen and oxygen atoms in total. The summed E-state index contributed by atoms with van der Waals surface area (Å²) in [5.74, 6) is -2.41. The van der Waals surface area contributed by atoms with Gasteiger partial charge in [0.15, 0.2) is 5.82 Å². The number of benzene rings is 3. The summed E-state index contributed by atoms with van der Waals surface area (Å²) in [6, 6.07) is 11.1. The average Bonchev–Trinajstić information content (AvgIpc) is 3.20. The molecule has 4 aromatic rings. The predicted octanol–water partition coefficient (Wildman–Crippen LogP) is 5.14. The maximum atomic E-state index is 13.6. The number of anilines is 2. The first-order valence-electron chi connectivity index (χ1n) is 10.6. The van der Waals surface area contributed by atoms with Gasteiger partial charge in [0.25, 0.3) is 5.91 Å². The number of aromatic nitrogens is 2. The van der Waals surface area contributed by atoms with Crippen molar-refractivity contribution in [2.75, 3.05) is 24.4 Å². The summed E-state index contributed by atoms with van der Waals surface area (Å²) < 4.78 is 59.2. The quantitative estimate of drug-likeness (QED) is 0.267. The molecular weight excluding hydrogens is 558 g/mol. The van der Waals surface area contributed by atoms with Crippen LogP contribution in [0.2, 0.25) is 0 Å². The Morgan fingerprint density at radius 2 is 1.81 bits per heavy atom. The topological polar surface area (TPSA) is 113 Å². The highest BCUT2D eigenvalue weighted by atomic mass is 79.9. The van der Waals surface area contributed by atoms with Crippen LogP contribution >= 0.6 is 15.9 Å². The van der Waals surface area contributed by atoms with Crippen molar-refractivity contribution in [3.63, 3.8) is 0 Å². The van der Waals surface area contributed by atoms with Crippen LogP contribution in [0.25, 0.3) is 10.9 Å². The highest BCUT2D eigenvalue weighted by Gasteiger charge is 2.22. The minimum Gasteiger partial charge on any atom is -0.383 e. The number of aromatic amines is 1. The fourth-order valence-corrected chi connectivity index (χ4v) is 5.33. The molecule has 1 atom stereocenters. The molecule has 1 aromatic heterocycles. The molecule has 1 unspecified atom stereocenters. The molecule has 0 aliphatic heterocycles. The fraction of sp³-hybridized carbons (Fsp3) is 0.167. The van der Waals surface area contributed by atoms with Crippen molar-refractivity contribution in [3.05, 3.63) is 76.3 Å². The number of halogens is 3. The molecule has 1 amide bonds. The molecule has 3 aromatic carbocycles. The second kappa shape index (κ2) is 10.3. The maximum absolute atomic E-state index is 13.6. The molecule has 0 fully saturated rings. The minimum absolute atomic E-state index is 0.0810. The van der Waals surface area contributed by atoms with Crippen LogP contribution in [0, 0.1) is 11.6 Å². The molecule has 12 heteroatoms. The van der Waals surface area contributed by atoms with Crippen LogP contribution in [0.1, 0.15) is 17.3 Å². The lowest BCUT2D eigenvalue weighted by molar-refractivity contribution is 0.102. The van der Waals surface area contributed by atoms with Crippen molar-refractivity contribution in [2.45, 2.75) is 22.8 Å². The normalized spacial score (nSPS) is 12.5. The van der Waals surface area contributed by atoms with Gasteiger partial charge in [-0.3, -0.25) is 9.89 Å². The molecule has 0 radical (unpaired) electrons. The monoisotopic (exact) mass is 578 g/mol. The molecule has 0 bridgehead atoms. The smallest absolute Gasteiger partial charge is 0.258 e. The van der Waals surface area contributed by atoms with Crippen LogP contribution in [-0.4, -0.2) is 44.3 Å². The van der Waals surface area contributed by atoms with Gasteiger partial charge in [-0.1, -0.05) is 15.9 Å². The van der Waals surface area contributed by atoms with Gasteiger partial charge in [-0.05, 0) is 55.5 Å². The number of fused-ring (bicyclic) bond motifs is 1. The second-order valence-electron chi connectivity index (χ2n) is 8.03. The summed E-state index contributed by atoms with van der Waals surface area (Å²) in [6.45, 7) is 2.32. The van der Waals surface area contributed by atoms with E-state index < -0.39 is 32.3 Å². The Balaban J connectivity index is 1.68. The van der Waals surface area contributed by atoms with Crippen LogP contribution < -0.4 is 10.6 Å². The van der Waals surface area contributed by atoms with E-state index in [9.17, 15) is 22.0 Å². The van der Waals surface area contributed by atoms with Crippen LogP contribution in [0.4, 0.5) is 20.3 Å². The van der Waals surface area contributed by atoms with Crippen molar-refractivity contribution in [1.29, 1.82) is 0 Å². The van der Waals surface area contributed by atoms with Crippen molar-refractivity contribution >= 4 is 54.1 Å². The number of ether oxygens (including phenoxy) is 1. The van der Waals surface area contributed by atoms with Gasteiger partial charge < -0.3 is 15.4 Å². The standard InChI is InChI=1S/C24H21BrF2N4O4S/c1-13(12-35-2)28-22-7-14(25)3-5-19(22)24(32)29-23-20-11-17(4-6-21(20)30-31-23)36(33,34)18-9-15(26)8-16(27)10-18/h3-11,13,28H,12H2,1-2H3,(H2,29,30,31,32). The van der Waals surface area contributed by atoms with E-state index in [0.717, 1.165) is 16.6 Å². The number of methoxy groups -OCH3 is 1. The zero-order chi connectivity index (χ0) is 26.0. The molecule has 0 saturated carbocycles. The van der Waals surface area contributed by atoms with Crippen LogP contribution in [0.5, 0.6) is 0 Å². The van der Waals surface area contributed by atoms with E-state index in [0.29, 0.717) is 34.8 Å². The number of hydrogen-bond acceptors (Lipinski definition) is 6. The summed E-state index contributed by atoms with van der Waals surface area (Å²) in [5.41, 5.74) is 1.34. The highest BCUT2D eigenvalue weighted by Crippen LogP contribution is 2.29. The van der Waals surface area contributed by atoms with Gasteiger partial charge >= 0.3 is 0 Å². The van der Waals surface area contributed by atoms with Gasteiger partial charge in [0.05, 0.1) is 27.5 Å². The molecule has 0 spiro atoms. The van der Waals surface area contributed by atoms with Crippen molar-refractivity contribution in [2.24, 2.45) is 0 Å². The lowest BCUT2D eigenvalue weighted by atomic mass is 10.1. The van der Waals surface area contributed by atoms with E-state index in [2.05, 4.69) is 36.8 Å². The third-order valence-electron chi connectivity index (χ3n) is 5.27. The molecule has 1 heterocycles. The Hall–Kier alpha value is -3.35. The second-order valence-corrected chi connectivity index (χ2v) is 10.9. The number of carbonyl (C=O) groups excluding carboxylic acids is 1. The SMILES string of the molecule is COCC(C)Nc1cc(Br)ccc1C(=O)Nc1n[nH]c2ccc(S(=O)(=O)c3cc(F)cc(F)c3)cc12. The zero-order valence-corrected chi connectivity index (χ0v) is 21.5. The number of amides is 1. The lowest BCUT2D eigenvalue weighted by Gasteiger charge is -2.17. The number of nitrogens with one attached hydrogen (secondary N) is 3. The van der Waals surface area contributed by atoms with E-state index >= 15 is 0 Å². The van der Waals surface area contributed by atoms with Crippen molar-refractivity contribution in [3.8, 4) is 0 Å². The summed E-state index contributed by atoms with van der Waals surface area (Å²) in [6.07, 6.45) is 0. The first-order chi connectivity index (χ1) is 17.1. The summed E-state index contributed by atoms with van der Waals surface area (Å²) in [7, 11) is -2.66. The largest absolute Gasteiger partial charge is 0.383 e. The fourth-order valence-electron chi connectivity index (χ4n) is 3.64. The minimum atomic E-state index is -4.24. The number of H-pyrrole nitrogens is 1. The van der Waals surface area contributed by atoms with Gasteiger partial charge in [-0.2, -0.15) is 5.10 Å². The van der Waals surface area contributed by atoms with Crippen LogP contribution in [0.15, 0.2) is 68.9 Å². The Kier molecular flexibility index (Phi) is 7.38. The number of hydrogen-bond donors (Lipinski definition) is 3. The molecule has 36 heavy (non-hydrogen) atoms. The van der Waals surface area contributed by atoms with E-state index in [4.69, 9.17) is 4.74 Å². The predicted molar refractivity (Wildman–Crippen MR) is 135 cm³/mol. The van der Waals surface area contributed by atoms with Gasteiger partial charge in [0.2, 0.25) is 9.84 Å². The Morgan fingerprint density at radius 3 is 2.50 bits per heavy atom. The number of carbonyl (C=O) groups is 1. The molecule has 0 aliphatic rings. The van der Waals surface area contributed by atoms with E-state index in [-0.39, 0.29) is 16.8 Å². The van der Waals surface area contributed by atoms with Gasteiger partial charge in [0.1, 0.15) is 11.6 Å². The Bertz CT molecular complexity index is 1540. The third-order valence-corrected chi connectivity index (χ3v) is 7.49. The average molecular weight is 579 g/mol. The molecule has 3 N–H and O–H groups in total. The number of sulfone groups is 1. The van der Waals surface area contributed by atoms with Gasteiger partial charge in [-0.15, -0.1) is 0 Å². The van der Waals surface area contributed by atoms with E-state index in [1.165, 1.54) is 18.2 Å². The lowest BCUT2D eigenvalue weighted by Crippen LogP contribution is -2.23.